The molecule has 2 aliphatic heterocycles. The van der Waals surface area contributed by atoms with Gasteiger partial charge in [-0.15, -0.1) is 0 Å². The first kappa shape index (κ1) is 13.0. The third-order valence-electron chi connectivity index (χ3n) is 5.28. The molecule has 0 radical (unpaired) electrons. The number of halogens is 1. The standard InChI is InChI=1S/C17H19FN2O/c18-16-10-19-7-6-15(16)17(21)20-13-4-5-14(20)9-12(8-13)11-2-1-3-11/h6-7,10,13-14H,1-5,8-9H2. The molecule has 0 N–H and O–H groups in total. The van der Waals surface area contributed by atoms with Crippen LogP contribution in [0.15, 0.2) is 29.6 Å². The van der Waals surface area contributed by atoms with Crippen LogP contribution in [0, 0.1) is 5.82 Å². The first-order valence-corrected chi connectivity index (χ1v) is 7.86. The molecule has 3 heterocycles. The number of carbonyl (C=O) groups is 1. The molecule has 2 saturated heterocycles. The average Bonchev–Trinajstić information content (AvgIpc) is 2.68. The molecule has 1 aromatic heterocycles. The summed E-state index contributed by atoms with van der Waals surface area (Å²) in [6.07, 6.45) is 10.6. The van der Waals surface area contributed by atoms with E-state index < -0.39 is 5.82 Å². The second kappa shape index (κ2) is 4.93. The van der Waals surface area contributed by atoms with Crippen molar-refractivity contribution >= 4 is 5.91 Å². The van der Waals surface area contributed by atoms with E-state index in [9.17, 15) is 9.18 Å². The first-order valence-electron chi connectivity index (χ1n) is 7.86. The lowest BCUT2D eigenvalue weighted by Crippen LogP contribution is -2.45. The number of amides is 1. The summed E-state index contributed by atoms with van der Waals surface area (Å²) in [7, 11) is 0. The highest BCUT2D eigenvalue weighted by molar-refractivity contribution is 5.95. The van der Waals surface area contributed by atoms with Gasteiger partial charge in [0.2, 0.25) is 0 Å². The quantitative estimate of drug-likeness (QED) is 0.741. The molecule has 1 saturated carbocycles. The van der Waals surface area contributed by atoms with Crippen molar-refractivity contribution in [2.24, 2.45) is 0 Å². The predicted octanol–water partition coefficient (Wildman–Crippen LogP) is 3.47. The van der Waals surface area contributed by atoms with E-state index in [-0.39, 0.29) is 23.6 Å². The van der Waals surface area contributed by atoms with Gasteiger partial charge < -0.3 is 4.90 Å². The minimum atomic E-state index is -0.509. The highest BCUT2D eigenvalue weighted by Crippen LogP contribution is 2.43. The van der Waals surface area contributed by atoms with Crippen molar-refractivity contribution < 1.29 is 9.18 Å². The molecule has 1 aromatic rings. The number of aromatic nitrogens is 1. The lowest BCUT2D eigenvalue weighted by atomic mass is 9.82. The second-order valence-corrected chi connectivity index (χ2v) is 6.42. The van der Waals surface area contributed by atoms with Crippen LogP contribution in [0.4, 0.5) is 4.39 Å². The zero-order valence-corrected chi connectivity index (χ0v) is 12.0. The number of carbonyl (C=O) groups excluding carboxylic acids is 1. The Morgan fingerprint density at radius 1 is 1.19 bits per heavy atom. The molecule has 4 heteroatoms. The van der Waals surface area contributed by atoms with Crippen molar-refractivity contribution in [3.05, 3.63) is 41.0 Å². The molecule has 1 aliphatic carbocycles. The van der Waals surface area contributed by atoms with Crippen molar-refractivity contribution in [2.45, 2.75) is 57.0 Å². The van der Waals surface area contributed by atoms with Crippen molar-refractivity contribution in [3.63, 3.8) is 0 Å². The molecule has 0 aromatic carbocycles. The minimum absolute atomic E-state index is 0.153. The van der Waals surface area contributed by atoms with Crippen LogP contribution in [0.1, 0.15) is 55.3 Å². The van der Waals surface area contributed by atoms with E-state index in [4.69, 9.17) is 0 Å². The maximum Gasteiger partial charge on any atom is 0.257 e. The van der Waals surface area contributed by atoms with Crippen LogP contribution in [-0.4, -0.2) is 27.9 Å². The highest BCUT2D eigenvalue weighted by atomic mass is 19.1. The Labute approximate surface area is 123 Å². The maximum absolute atomic E-state index is 13.8. The number of fused-ring (bicyclic) bond motifs is 2. The summed E-state index contributed by atoms with van der Waals surface area (Å²) in [6.45, 7) is 0. The molecule has 4 rings (SSSR count). The van der Waals surface area contributed by atoms with Gasteiger partial charge in [0.25, 0.3) is 5.91 Å². The summed E-state index contributed by atoms with van der Waals surface area (Å²) >= 11 is 0. The Kier molecular flexibility index (Phi) is 3.05. The fourth-order valence-corrected chi connectivity index (χ4v) is 4.03. The van der Waals surface area contributed by atoms with Crippen LogP contribution >= 0.6 is 0 Å². The van der Waals surface area contributed by atoms with Gasteiger partial charge in [-0.05, 0) is 51.0 Å². The molecular weight excluding hydrogens is 267 g/mol. The Balaban J connectivity index is 1.60. The van der Waals surface area contributed by atoms with Crippen molar-refractivity contribution in [2.75, 3.05) is 0 Å². The van der Waals surface area contributed by atoms with E-state index in [0.29, 0.717) is 0 Å². The average molecular weight is 286 g/mol. The molecule has 3 aliphatic rings. The van der Waals surface area contributed by atoms with Gasteiger partial charge in [-0.2, -0.15) is 0 Å². The predicted molar refractivity (Wildman–Crippen MR) is 77.3 cm³/mol. The second-order valence-electron chi connectivity index (χ2n) is 6.42. The van der Waals surface area contributed by atoms with E-state index in [0.717, 1.165) is 31.9 Å². The summed E-state index contributed by atoms with van der Waals surface area (Å²) in [5, 5.41) is 0. The topological polar surface area (TPSA) is 33.2 Å². The van der Waals surface area contributed by atoms with Gasteiger partial charge in [-0.1, -0.05) is 11.1 Å². The number of piperidine rings is 1. The maximum atomic E-state index is 13.8. The summed E-state index contributed by atoms with van der Waals surface area (Å²) in [5.41, 5.74) is 3.39. The molecule has 2 bridgehead atoms. The van der Waals surface area contributed by atoms with Gasteiger partial charge in [0, 0.05) is 18.3 Å². The summed E-state index contributed by atoms with van der Waals surface area (Å²) in [4.78, 5) is 18.4. The van der Waals surface area contributed by atoms with Crippen LogP contribution in [-0.2, 0) is 0 Å². The number of rotatable bonds is 1. The molecule has 2 unspecified atom stereocenters. The van der Waals surface area contributed by atoms with Crippen LogP contribution in [0.2, 0.25) is 0 Å². The lowest BCUT2D eigenvalue weighted by molar-refractivity contribution is 0.0628. The normalized spacial score (nSPS) is 27.8. The molecule has 1 amide bonds. The molecule has 21 heavy (non-hydrogen) atoms. The summed E-state index contributed by atoms with van der Waals surface area (Å²) < 4.78 is 13.8. The number of nitrogens with zero attached hydrogens (tertiary/aromatic N) is 2. The number of hydrogen-bond acceptors (Lipinski definition) is 2. The van der Waals surface area contributed by atoms with Crippen LogP contribution in [0.3, 0.4) is 0 Å². The van der Waals surface area contributed by atoms with Crippen LogP contribution in [0.25, 0.3) is 0 Å². The van der Waals surface area contributed by atoms with E-state index in [1.54, 1.807) is 11.1 Å². The lowest BCUT2D eigenvalue weighted by Gasteiger charge is -2.38. The van der Waals surface area contributed by atoms with E-state index >= 15 is 0 Å². The zero-order valence-electron chi connectivity index (χ0n) is 12.0. The molecule has 3 nitrogen and oxygen atoms in total. The first-order chi connectivity index (χ1) is 10.2. The van der Waals surface area contributed by atoms with Gasteiger partial charge in [0.05, 0.1) is 11.8 Å². The third kappa shape index (κ3) is 2.08. The summed E-state index contributed by atoms with van der Waals surface area (Å²) in [6, 6.07) is 2.04. The molecule has 0 spiro atoms. The monoisotopic (exact) mass is 286 g/mol. The van der Waals surface area contributed by atoms with Gasteiger partial charge >= 0.3 is 0 Å². The van der Waals surface area contributed by atoms with E-state index in [2.05, 4.69) is 4.98 Å². The van der Waals surface area contributed by atoms with E-state index in [1.165, 1.54) is 31.5 Å². The third-order valence-corrected chi connectivity index (χ3v) is 5.28. The van der Waals surface area contributed by atoms with Crippen LogP contribution in [0.5, 0.6) is 0 Å². The van der Waals surface area contributed by atoms with E-state index in [1.807, 2.05) is 4.90 Å². The summed E-state index contributed by atoms with van der Waals surface area (Å²) in [5.74, 6) is -0.662. The molecular formula is C17H19FN2O. The van der Waals surface area contributed by atoms with Crippen molar-refractivity contribution in [1.29, 1.82) is 0 Å². The molecule has 3 fully saturated rings. The van der Waals surface area contributed by atoms with Gasteiger partial charge in [-0.25, -0.2) is 4.39 Å². The van der Waals surface area contributed by atoms with Crippen molar-refractivity contribution in [3.8, 4) is 0 Å². The van der Waals surface area contributed by atoms with Gasteiger partial charge in [0.1, 0.15) is 0 Å². The Bertz CT molecular complexity index is 603. The van der Waals surface area contributed by atoms with Crippen LogP contribution < -0.4 is 0 Å². The smallest absolute Gasteiger partial charge is 0.257 e. The number of hydrogen-bond donors (Lipinski definition) is 0. The highest BCUT2D eigenvalue weighted by Gasteiger charge is 2.42. The Morgan fingerprint density at radius 3 is 2.48 bits per heavy atom. The Morgan fingerprint density at radius 2 is 1.90 bits per heavy atom. The fourth-order valence-electron chi connectivity index (χ4n) is 4.03. The SMILES string of the molecule is O=C(c1ccncc1F)N1C2CCC1CC(=C1CCC1)C2. The Hall–Kier alpha value is -1.71. The molecule has 2 atom stereocenters. The zero-order chi connectivity index (χ0) is 14.4. The van der Waals surface area contributed by atoms with Gasteiger partial charge in [-0.3, -0.25) is 9.78 Å². The minimum Gasteiger partial charge on any atom is -0.332 e. The largest absolute Gasteiger partial charge is 0.332 e. The van der Waals surface area contributed by atoms with Crippen molar-refractivity contribution in [1.82, 2.24) is 9.88 Å². The molecule has 110 valence electrons. The number of allylic oxidation sites excluding steroid dienone is 1. The van der Waals surface area contributed by atoms with Gasteiger partial charge in [0.15, 0.2) is 5.82 Å². The fraction of sp³-hybridized carbons (Fsp3) is 0.529. The number of pyridine rings is 1.